The largest absolute Gasteiger partial charge is 0.489 e. The van der Waals surface area contributed by atoms with Gasteiger partial charge in [-0.25, -0.2) is 4.98 Å². The minimum absolute atomic E-state index is 0.358. The van der Waals surface area contributed by atoms with Gasteiger partial charge in [0.2, 0.25) is 0 Å². The smallest absolute Gasteiger partial charge is 0.144 e. The van der Waals surface area contributed by atoms with E-state index in [1.807, 2.05) is 30.3 Å². The van der Waals surface area contributed by atoms with Crippen LogP contribution in [0.5, 0.6) is 5.75 Å². The fraction of sp³-hybridized carbons (Fsp3) is 0.0769. The molecule has 0 spiro atoms. The number of ether oxygens (including phenoxy) is 1. The molecule has 0 amide bonds. The van der Waals surface area contributed by atoms with Gasteiger partial charge in [0, 0.05) is 16.7 Å². The van der Waals surface area contributed by atoms with E-state index in [1.165, 1.54) is 0 Å². The number of nitriles is 1. The number of pyridine rings is 1. The lowest BCUT2D eigenvalue weighted by atomic mass is 10.2. The van der Waals surface area contributed by atoms with Crippen LogP contribution in [-0.2, 0) is 6.61 Å². The van der Waals surface area contributed by atoms with Gasteiger partial charge in [0.05, 0.1) is 0 Å². The highest BCUT2D eigenvalue weighted by atomic mass is 79.9. The number of rotatable bonds is 3. The Hall–Kier alpha value is -1.86. The van der Waals surface area contributed by atoms with Crippen molar-refractivity contribution in [3.63, 3.8) is 0 Å². The average Bonchev–Trinajstić information content (AvgIpc) is 2.37. The summed E-state index contributed by atoms with van der Waals surface area (Å²) in [6.07, 6.45) is 1.56. The van der Waals surface area contributed by atoms with Crippen molar-refractivity contribution in [3.05, 3.63) is 58.3 Å². The van der Waals surface area contributed by atoms with Gasteiger partial charge in [-0.15, -0.1) is 0 Å². The van der Waals surface area contributed by atoms with E-state index in [0.29, 0.717) is 18.1 Å². The molecule has 1 aromatic carbocycles. The van der Waals surface area contributed by atoms with E-state index in [-0.39, 0.29) is 0 Å². The molecule has 0 bridgehead atoms. The maximum atomic E-state index is 8.71. The summed E-state index contributed by atoms with van der Waals surface area (Å²) < 4.78 is 6.60. The standard InChI is InChI=1S/C13H9BrN2O/c14-11-3-1-2-10(6-11)9-17-13-4-5-16-12(7-13)8-15/h1-7H,9H2. The summed E-state index contributed by atoms with van der Waals surface area (Å²) in [6, 6.07) is 13.2. The number of halogens is 1. The van der Waals surface area contributed by atoms with Gasteiger partial charge >= 0.3 is 0 Å². The first-order chi connectivity index (χ1) is 8.28. The number of hydrogen-bond acceptors (Lipinski definition) is 3. The zero-order valence-corrected chi connectivity index (χ0v) is 10.5. The number of benzene rings is 1. The lowest BCUT2D eigenvalue weighted by Crippen LogP contribution is -1.96. The molecule has 0 aliphatic carbocycles. The van der Waals surface area contributed by atoms with Gasteiger partial charge in [-0.1, -0.05) is 28.1 Å². The highest BCUT2D eigenvalue weighted by Crippen LogP contribution is 2.15. The van der Waals surface area contributed by atoms with E-state index < -0.39 is 0 Å². The number of nitrogens with zero attached hydrogens (tertiary/aromatic N) is 2. The molecule has 4 heteroatoms. The third kappa shape index (κ3) is 3.30. The van der Waals surface area contributed by atoms with Gasteiger partial charge in [0.1, 0.15) is 24.1 Å². The average molecular weight is 289 g/mol. The number of hydrogen-bond donors (Lipinski definition) is 0. The second-order valence-corrected chi connectivity index (χ2v) is 4.32. The van der Waals surface area contributed by atoms with Crippen LogP contribution in [0.3, 0.4) is 0 Å². The van der Waals surface area contributed by atoms with Gasteiger partial charge in [0.15, 0.2) is 0 Å². The first kappa shape index (κ1) is 11.6. The predicted octanol–water partition coefficient (Wildman–Crippen LogP) is 3.29. The van der Waals surface area contributed by atoms with Crippen LogP contribution in [0.25, 0.3) is 0 Å². The van der Waals surface area contributed by atoms with Crippen LogP contribution in [0.15, 0.2) is 47.1 Å². The lowest BCUT2D eigenvalue weighted by molar-refractivity contribution is 0.305. The molecular formula is C13H9BrN2O. The lowest BCUT2D eigenvalue weighted by Gasteiger charge is -2.06. The van der Waals surface area contributed by atoms with Crippen molar-refractivity contribution in [1.29, 1.82) is 5.26 Å². The summed E-state index contributed by atoms with van der Waals surface area (Å²) in [6.45, 7) is 0.467. The minimum atomic E-state index is 0.358. The molecular weight excluding hydrogens is 280 g/mol. The quantitative estimate of drug-likeness (QED) is 0.871. The van der Waals surface area contributed by atoms with Crippen LogP contribution >= 0.6 is 15.9 Å². The summed E-state index contributed by atoms with van der Waals surface area (Å²) in [7, 11) is 0. The summed E-state index contributed by atoms with van der Waals surface area (Å²) >= 11 is 3.40. The highest BCUT2D eigenvalue weighted by molar-refractivity contribution is 9.10. The predicted molar refractivity (Wildman–Crippen MR) is 67.4 cm³/mol. The molecule has 2 aromatic rings. The molecule has 0 atom stereocenters. The molecule has 2 rings (SSSR count). The van der Waals surface area contributed by atoms with Crippen LogP contribution in [-0.4, -0.2) is 4.98 Å². The maximum Gasteiger partial charge on any atom is 0.144 e. The topological polar surface area (TPSA) is 45.9 Å². The Labute approximate surface area is 108 Å². The highest BCUT2D eigenvalue weighted by Gasteiger charge is 1.99. The second kappa shape index (κ2) is 5.46. The van der Waals surface area contributed by atoms with Crippen molar-refractivity contribution in [2.24, 2.45) is 0 Å². The summed E-state index contributed by atoms with van der Waals surface area (Å²) in [4.78, 5) is 3.88. The van der Waals surface area contributed by atoms with Crippen LogP contribution in [0.4, 0.5) is 0 Å². The Kier molecular flexibility index (Phi) is 3.73. The Morgan fingerprint density at radius 3 is 2.94 bits per heavy atom. The molecule has 0 saturated heterocycles. The van der Waals surface area contributed by atoms with Crippen molar-refractivity contribution in [2.75, 3.05) is 0 Å². The van der Waals surface area contributed by atoms with Gasteiger partial charge in [-0.05, 0) is 23.8 Å². The summed E-state index contributed by atoms with van der Waals surface area (Å²) in [5.41, 5.74) is 1.42. The molecule has 1 aromatic heterocycles. The molecule has 0 aliphatic rings. The molecule has 0 N–H and O–H groups in total. The Morgan fingerprint density at radius 1 is 1.29 bits per heavy atom. The van der Waals surface area contributed by atoms with Gasteiger partial charge in [-0.2, -0.15) is 5.26 Å². The molecule has 0 radical (unpaired) electrons. The number of aromatic nitrogens is 1. The molecule has 0 saturated carbocycles. The van der Waals surface area contributed by atoms with Crippen molar-refractivity contribution in [3.8, 4) is 11.8 Å². The summed E-state index contributed by atoms with van der Waals surface area (Å²) in [5, 5.41) is 8.71. The van der Waals surface area contributed by atoms with Crippen molar-refractivity contribution < 1.29 is 4.74 Å². The zero-order valence-electron chi connectivity index (χ0n) is 8.93. The van der Waals surface area contributed by atoms with Gasteiger partial charge < -0.3 is 4.74 Å². The van der Waals surface area contributed by atoms with E-state index in [1.54, 1.807) is 18.3 Å². The van der Waals surface area contributed by atoms with E-state index in [2.05, 4.69) is 20.9 Å². The molecule has 3 nitrogen and oxygen atoms in total. The van der Waals surface area contributed by atoms with Crippen molar-refractivity contribution in [2.45, 2.75) is 6.61 Å². The van der Waals surface area contributed by atoms with Crippen molar-refractivity contribution in [1.82, 2.24) is 4.98 Å². The van der Waals surface area contributed by atoms with Crippen LogP contribution < -0.4 is 4.74 Å². The fourth-order valence-electron chi connectivity index (χ4n) is 1.36. The first-order valence-electron chi connectivity index (χ1n) is 5.01. The van der Waals surface area contributed by atoms with Crippen LogP contribution in [0.2, 0.25) is 0 Å². The Bertz CT molecular complexity index is 563. The van der Waals surface area contributed by atoms with Gasteiger partial charge in [0.25, 0.3) is 0 Å². The minimum Gasteiger partial charge on any atom is -0.489 e. The molecule has 0 aliphatic heterocycles. The Morgan fingerprint density at radius 2 is 2.18 bits per heavy atom. The second-order valence-electron chi connectivity index (χ2n) is 3.41. The van der Waals surface area contributed by atoms with Crippen LogP contribution in [0.1, 0.15) is 11.3 Å². The summed E-state index contributed by atoms with van der Waals surface area (Å²) in [5.74, 6) is 0.650. The monoisotopic (exact) mass is 288 g/mol. The molecule has 17 heavy (non-hydrogen) atoms. The molecule has 0 fully saturated rings. The van der Waals surface area contributed by atoms with E-state index in [0.717, 1.165) is 10.0 Å². The Balaban J connectivity index is 2.05. The van der Waals surface area contributed by atoms with E-state index in [9.17, 15) is 0 Å². The fourth-order valence-corrected chi connectivity index (χ4v) is 1.80. The van der Waals surface area contributed by atoms with Gasteiger partial charge in [-0.3, -0.25) is 0 Å². The normalized spacial score (nSPS) is 9.65. The third-order valence-electron chi connectivity index (χ3n) is 2.14. The van der Waals surface area contributed by atoms with Crippen LogP contribution in [0, 0.1) is 11.3 Å². The zero-order chi connectivity index (χ0) is 12.1. The van der Waals surface area contributed by atoms with Crippen molar-refractivity contribution >= 4 is 15.9 Å². The molecule has 84 valence electrons. The van der Waals surface area contributed by atoms with E-state index >= 15 is 0 Å². The SMILES string of the molecule is N#Cc1cc(OCc2cccc(Br)c2)ccn1. The first-order valence-corrected chi connectivity index (χ1v) is 5.80. The molecule has 1 heterocycles. The maximum absolute atomic E-state index is 8.71. The third-order valence-corrected chi connectivity index (χ3v) is 2.63. The molecule has 0 unspecified atom stereocenters. The van der Waals surface area contributed by atoms with E-state index in [4.69, 9.17) is 10.00 Å².